The molecule has 3 N–H and O–H groups in total. The Kier molecular flexibility index (Phi) is 5.11. The average molecular weight is 387 g/mol. The highest BCUT2D eigenvalue weighted by Gasteiger charge is 2.10. The summed E-state index contributed by atoms with van der Waals surface area (Å²) in [7, 11) is 1.58. The molecule has 7 nitrogen and oxygen atoms in total. The second-order valence-corrected chi connectivity index (χ2v) is 6.55. The van der Waals surface area contributed by atoms with Crippen molar-refractivity contribution >= 4 is 28.1 Å². The molecule has 0 saturated heterocycles. The van der Waals surface area contributed by atoms with E-state index in [1.807, 2.05) is 49.4 Å². The van der Waals surface area contributed by atoms with Gasteiger partial charge in [-0.15, -0.1) is 0 Å². The summed E-state index contributed by atoms with van der Waals surface area (Å²) >= 11 is 0. The average Bonchev–Trinajstić information content (AvgIpc) is 2.74. The van der Waals surface area contributed by atoms with Crippen molar-refractivity contribution in [2.45, 2.75) is 13.5 Å². The number of nitrogens with zero attached hydrogens (tertiary/aromatic N) is 3. The molecule has 0 atom stereocenters. The number of ether oxygens (including phenoxy) is 2. The lowest BCUT2D eigenvalue weighted by atomic mass is 10.1. The van der Waals surface area contributed by atoms with Gasteiger partial charge in [-0.1, -0.05) is 6.07 Å². The molecule has 29 heavy (non-hydrogen) atoms. The number of rotatable bonds is 6. The Bertz CT molecular complexity index is 1150. The molecule has 2 aromatic heterocycles. The first-order valence-corrected chi connectivity index (χ1v) is 9.12. The quantitative estimate of drug-likeness (QED) is 0.478. The molecule has 2 heterocycles. The summed E-state index contributed by atoms with van der Waals surface area (Å²) in [6.07, 6.45) is 3.27. The number of nitrogen functional groups attached to an aromatic ring is 1. The molecule has 0 spiro atoms. The number of hydrogen-bond donors (Lipinski definition) is 2. The molecule has 0 aliphatic carbocycles. The van der Waals surface area contributed by atoms with Crippen LogP contribution in [-0.2, 0) is 6.61 Å². The van der Waals surface area contributed by atoms with Gasteiger partial charge in [0, 0.05) is 23.3 Å². The maximum absolute atomic E-state index is 6.05. The minimum atomic E-state index is 0.423. The maximum Gasteiger partial charge on any atom is 0.143 e. The van der Waals surface area contributed by atoms with Gasteiger partial charge in [0.25, 0.3) is 0 Å². The third-order valence-corrected chi connectivity index (χ3v) is 4.53. The van der Waals surface area contributed by atoms with E-state index < -0.39 is 0 Å². The number of hydrogen-bond acceptors (Lipinski definition) is 7. The van der Waals surface area contributed by atoms with Crippen LogP contribution in [0.2, 0.25) is 0 Å². The van der Waals surface area contributed by atoms with Crippen molar-refractivity contribution in [2.24, 2.45) is 0 Å². The van der Waals surface area contributed by atoms with Crippen molar-refractivity contribution in [3.63, 3.8) is 0 Å². The number of nitrogens with two attached hydrogens (primary N) is 1. The zero-order valence-electron chi connectivity index (χ0n) is 16.2. The lowest BCUT2D eigenvalue weighted by Gasteiger charge is -2.13. The van der Waals surface area contributed by atoms with Gasteiger partial charge in [-0.3, -0.25) is 4.98 Å². The van der Waals surface area contributed by atoms with Crippen molar-refractivity contribution in [3.8, 4) is 11.5 Å². The van der Waals surface area contributed by atoms with E-state index >= 15 is 0 Å². The lowest BCUT2D eigenvalue weighted by Crippen LogP contribution is -2.01. The van der Waals surface area contributed by atoms with Gasteiger partial charge in [0.1, 0.15) is 30.3 Å². The molecule has 0 saturated carbocycles. The number of pyridine rings is 1. The van der Waals surface area contributed by atoms with Crippen molar-refractivity contribution in [1.29, 1.82) is 0 Å². The largest absolute Gasteiger partial charge is 0.495 e. The fraction of sp³-hybridized carbons (Fsp3) is 0.136. The first-order chi connectivity index (χ1) is 14.1. The summed E-state index contributed by atoms with van der Waals surface area (Å²) in [6, 6.07) is 15.3. The molecular formula is C22H21N5O2. The van der Waals surface area contributed by atoms with Gasteiger partial charge in [0.05, 0.1) is 24.0 Å². The molecule has 0 unspecified atom stereocenters. The molecule has 4 rings (SSSR count). The topological polar surface area (TPSA) is 95.2 Å². The molecule has 2 aromatic carbocycles. The van der Waals surface area contributed by atoms with Gasteiger partial charge in [0.15, 0.2) is 0 Å². The van der Waals surface area contributed by atoms with Crippen molar-refractivity contribution < 1.29 is 9.47 Å². The smallest absolute Gasteiger partial charge is 0.143 e. The number of aromatic nitrogens is 3. The molecular weight excluding hydrogens is 366 g/mol. The fourth-order valence-electron chi connectivity index (χ4n) is 3.04. The molecule has 0 aliphatic rings. The van der Waals surface area contributed by atoms with E-state index in [9.17, 15) is 0 Å². The van der Waals surface area contributed by atoms with Crippen molar-refractivity contribution in [3.05, 3.63) is 72.3 Å². The van der Waals surface area contributed by atoms with Crippen LogP contribution in [0.5, 0.6) is 11.5 Å². The highest BCUT2D eigenvalue weighted by Crippen LogP contribution is 2.32. The number of anilines is 3. The van der Waals surface area contributed by atoms with E-state index in [4.69, 9.17) is 15.2 Å². The number of aryl methyl sites for hydroxylation is 1. The minimum absolute atomic E-state index is 0.423. The highest BCUT2D eigenvalue weighted by molar-refractivity contribution is 5.94. The first kappa shape index (κ1) is 18.5. The van der Waals surface area contributed by atoms with E-state index in [0.29, 0.717) is 23.9 Å². The second-order valence-electron chi connectivity index (χ2n) is 6.55. The zero-order chi connectivity index (χ0) is 20.2. The molecule has 0 amide bonds. The summed E-state index contributed by atoms with van der Waals surface area (Å²) in [5, 5.41) is 4.16. The van der Waals surface area contributed by atoms with Crippen LogP contribution in [-0.4, -0.2) is 22.1 Å². The third kappa shape index (κ3) is 4.03. The Morgan fingerprint density at radius 3 is 2.66 bits per heavy atom. The van der Waals surface area contributed by atoms with Crippen LogP contribution in [0.4, 0.5) is 17.2 Å². The number of nitrogens with one attached hydrogen (secondary N) is 1. The van der Waals surface area contributed by atoms with E-state index in [1.165, 1.54) is 6.33 Å². The molecule has 146 valence electrons. The number of fused-ring (bicyclic) bond motifs is 1. The highest BCUT2D eigenvalue weighted by atomic mass is 16.5. The van der Waals surface area contributed by atoms with Crippen molar-refractivity contribution in [1.82, 2.24) is 15.0 Å². The molecule has 4 aromatic rings. The Morgan fingerprint density at radius 1 is 1.00 bits per heavy atom. The Labute approximate surface area is 168 Å². The SMILES string of the molecule is COc1cc2ncnc(Nc3ccc(OCc4ccccn4)c(C)c3)c2cc1N. The summed E-state index contributed by atoms with van der Waals surface area (Å²) in [5.41, 5.74) is 10.1. The Morgan fingerprint density at radius 2 is 1.90 bits per heavy atom. The minimum Gasteiger partial charge on any atom is -0.495 e. The lowest BCUT2D eigenvalue weighted by molar-refractivity contribution is 0.299. The molecule has 0 radical (unpaired) electrons. The van der Waals surface area contributed by atoms with E-state index in [2.05, 4.69) is 20.3 Å². The summed E-state index contributed by atoms with van der Waals surface area (Å²) in [6.45, 7) is 2.42. The predicted molar refractivity (Wildman–Crippen MR) is 114 cm³/mol. The predicted octanol–water partition coefficient (Wildman–Crippen LogP) is 4.25. The molecule has 0 fully saturated rings. The van der Waals surface area contributed by atoms with Gasteiger partial charge in [-0.2, -0.15) is 0 Å². The van der Waals surface area contributed by atoms with E-state index in [1.54, 1.807) is 19.4 Å². The van der Waals surface area contributed by atoms with Crippen molar-refractivity contribution in [2.75, 3.05) is 18.2 Å². The van der Waals surface area contributed by atoms with Crippen LogP contribution in [0.25, 0.3) is 10.9 Å². The summed E-state index contributed by atoms with van der Waals surface area (Å²) in [5.74, 6) is 2.07. The van der Waals surface area contributed by atoms with Crippen LogP contribution in [0.15, 0.2) is 61.1 Å². The molecule has 0 aliphatic heterocycles. The standard InChI is InChI=1S/C22H21N5O2/c1-14-9-15(6-7-20(14)29-12-16-5-3-4-8-24-16)27-22-17-10-18(23)21(28-2)11-19(17)25-13-26-22/h3-11,13H,12,23H2,1-2H3,(H,25,26,27). The molecule has 7 heteroatoms. The van der Waals surface area contributed by atoms with Crippen LogP contribution in [0, 0.1) is 6.92 Å². The van der Waals surface area contributed by atoms with E-state index in [-0.39, 0.29) is 0 Å². The van der Waals surface area contributed by atoms with Crippen LogP contribution in [0.3, 0.4) is 0 Å². The van der Waals surface area contributed by atoms with Crippen LogP contribution < -0.4 is 20.5 Å². The van der Waals surface area contributed by atoms with Crippen LogP contribution >= 0.6 is 0 Å². The summed E-state index contributed by atoms with van der Waals surface area (Å²) in [4.78, 5) is 12.9. The number of benzene rings is 2. The Hall–Kier alpha value is -3.87. The van der Waals surface area contributed by atoms with E-state index in [0.717, 1.165) is 33.6 Å². The third-order valence-electron chi connectivity index (χ3n) is 4.53. The number of methoxy groups -OCH3 is 1. The van der Waals surface area contributed by atoms with Crippen LogP contribution in [0.1, 0.15) is 11.3 Å². The zero-order valence-corrected chi connectivity index (χ0v) is 16.2. The monoisotopic (exact) mass is 387 g/mol. The first-order valence-electron chi connectivity index (χ1n) is 9.12. The summed E-state index contributed by atoms with van der Waals surface area (Å²) < 4.78 is 11.2. The fourth-order valence-corrected chi connectivity index (χ4v) is 3.04. The van der Waals surface area contributed by atoms with Gasteiger partial charge in [-0.05, 0) is 48.9 Å². The molecule has 0 bridgehead atoms. The van der Waals surface area contributed by atoms with Gasteiger partial charge in [0.2, 0.25) is 0 Å². The maximum atomic E-state index is 6.05. The second kappa shape index (κ2) is 8.02. The van der Waals surface area contributed by atoms with Gasteiger partial charge >= 0.3 is 0 Å². The van der Waals surface area contributed by atoms with Gasteiger partial charge < -0.3 is 20.5 Å². The van der Waals surface area contributed by atoms with Gasteiger partial charge in [-0.25, -0.2) is 9.97 Å². The normalized spacial score (nSPS) is 10.7. The Balaban J connectivity index is 1.55.